The van der Waals surface area contributed by atoms with Crippen LogP contribution in [0.25, 0.3) is 0 Å². The smallest absolute Gasteiger partial charge is 0.314 e. The van der Waals surface area contributed by atoms with Crippen molar-refractivity contribution < 1.29 is 14.7 Å². The molecule has 27 heavy (non-hydrogen) atoms. The Labute approximate surface area is 160 Å². The third kappa shape index (κ3) is 4.05. The molecule has 0 saturated carbocycles. The number of carbonyl (C=O) groups excluding carboxylic acids is 1. The van der Waals surface area contributed by atoms with E-state index < -0.39 is 11.4 Å². The highest BCUT2D eigenvalue weighted by atomic mass is 16.4. The summed E-state index contributed by atoms with van der Waals surface area (Å²) in [6.45, 7) is 4.97. The number of rotatable bonds is 5. The molecule has 4 nitrogen and oxygen atoms in total. The molecule has 1 heterocycles. The van der Waals surface area contributed by atoms with E-state index >= 15 is 0 Å². The molecule has 2 aromatic rings. The molecule has 0 radical (unpaired) electrons. The zero-order valence-corrected chi connectivity index (χ0v) is 16.0. The topological polar surface area (TPSA) is 57.6 Å². The van der Waals surface area contributed by atoms with Crippen molar-refractivity contribution in [3.05, 3.63) is 71.3 Å². The summed E-state index contributed by atoms with van der Waals surface area (Å²) in [5, 5.41) is 9.89. The highest BCUT2D eigenvalue weighted by Crippen LogP contribution is 2.36. The maximum absolute atomic E-state index is 12.9. The first-order chi connectivity index (χ1) is 12.9. The first-order valence-corrected chi connectivity index (χ1v) is 9.55. The van der Waals surface area contributed by atoms with Crippen LogP contribution in [-0.2, 0) is 21.4 Å². The van der Waals surface area contributed by atoms with Crippen LogP contribution in [0, 0.1) is 12.8 Å². The van der Waals surface area contributed by atoms with E-state index in [9.17, 15) is 14.7 Å². The average Bonchev–Trinajstić information content (AvgIpc) is 2.69. The Hall–Kier alpha value is -2.62. The summed E-state index contributed by atoms with van der Waals surface area (Å²) in [5.41, 5.74) is 2.30. The fourth-order valence-electron chi connectivity index (χ4n) is 3.97. The van der Waals surface area contributed by atoms with Crippen molar-refractivity contribution in [2.45, 2.75) is 38.5 Å². The first kappa shape index (κ1) is 19.2. The molecule has 0 spiro atoms. The van der Waals surface area contributed by atoms with Gasteiger partial charge in [-0.05, 0) is 37.3 Å². The molecule has 1 aliphatic heterocycles. The molecule has 0 bridgehead atoms. The van der Waals surface area contributed by atoms with E-state index in [2.05, 4.69) is 24.3 Å². The number of nitrogens with zero attached hydrogens (tertiary/aromatic N) is 1. The lowest BCUT2D eigenvalue weighted by Crippen LogP contribution is -2.50. The van der Waals surface area contributed by atoms with Gasteiger partial charge in [0.05, 0.1) is 5.41 Å². The number of likely N-dealkylation sites (tertiary alicyclic amines) is 1. The predicted octanol–water partition coefficient (Wildman–Crippen LogP) is 3.82. The normalized spacial score (nSPS) is 17.3. The van der Waals surface area contributed by atoms with Crippen molar-refractivity contribution in [3.63, 3.8) is 0 Å². The molecule has 1 fully saturated rings. The zero-order chi connectivity index (χ0) is 19.4. The third-order valence-electron chi connectivity index (χ3n) is 5.75. The van der Waals surface area contributed by atoms with Gasteiger partial charge >= 0.3 is 5.97 Å². The van der Waals surface area contributed by atoms with Crippen LogP contribution in [0.5, 0.6) is 0 Å². The Balaban J connectivity index is 1.66. The number of carboxylic acid groups (broad SMARTS) is 1. The number of amides is 1. The third-order valence-corrected chi connectivity index (χ3v) is 5.75. The fourth-order valence-corrected chi connectivity index (χ4v) is 3.97. The minimum Gasteiger partial charge on any atom is -0.481 e. The molecule has 1 unspecified atom stereocenters. The lowest BCUT2D eigenvalue weighted by atomic mass is 9.72. The van der Waals surface area contributed by atoms with Crippen molar-refractivity contribution >= 4 is 11.9 Å². The lowest BCUT2D eigenvalue weighted by Gasteiger charge is -2.40. The van der Waals surface area contributed by atoms with Gasteiger partial charge in [0.25, 0.3) is 0 Å². The Morgan fingerprint density at radius 1 is 1.04 bits per heavy atom. The summed E-state index contributed by atoms with van der Waals surface area (Å²) in [6.07, 6.45) is 1.61. The van der Waals surface area contributed by atoms with Gasteiger partial charge in [-0.25, -0.2) is 0 Å². The van der Waals surface area contributed by atoms with Crippen LogP contribution >= 0.6 is 0 Å². The highest BCUT2D eigenvalue weighted by Gasteiger charge is 2.44. The highest BCUT2D eigenvalue weighted by molar-refractivity contribution is 5.83. The van der Waals surface area contributed by atoms with E-state index in [1.807, 2.05) is 49.1 Å². The maximum Gasteiger partial charge on any atom is 0.314 e. The second-order valence-corrected chi connectivity index (χ2v) is 7.67. The molecule has 2 aromatic carbocycles. The molecule has 1 saturated heterocycles. The van der Waals surface area contributed by atoms with Crippen LogP contribution in [0.15, 0.2) is 54.6 Å². The van der Waals surface area contributed by atoms with Gasteiger partial charge in [0, 0.05) is 19.0 Å². The van der Waals surface area contributed by atoms with E-state index in [1.165, 1.54) is 5.56 Å². The van der Waals surface area contributed by atoms with Crippen molar-refractivity contribution in [1.82, 2.24) is 4.90 Å². The number of aryl methyl sites for hydroxylation is 1. The van der Waals surface area contributed by atoms with Gasteiger partial charge in [0.1, 0.15) is 0 Å². The molecular weight excluding hydrogens is 338 g/mol. The minimum absolute atomic E-state index is 0.109. The van der Waals surface area contributed by atoms with E-state index in [1.54, 1.807) is 0 Å². The molecule has 142 valence electrons. The van der Waals surface area contributed by atoms with Gasteiger partial charge in [0.15, 0.2) is 0 Å². The Morgan fingerprint density at radius 2 is 1.63 bits per heavy atom. The molecule has 4 heteroatoms. The number of piperidine rings is 1. The molecule has 3 rings (SSSR count). The number of carbonyl (C=O) groups is 2. The van der Waals surface area contributed by atoms with Gasteiger partial charge in [-0.2, -0.15) is 0 Å². The van der Waals surface area contributed by atoms with E-state index in [0.29, 0.717) is 32.4 Å². The summed E-state index contributed by atoms with van der Waals surface area (Å²) in [6, 6.07) is 17.7. The average molecular weight is 365 g/mol. The van der Waals surface area contributed by atoms with Gasteiger partial charge in [-0.15, -0.1) is 0 Å². The first-order valence-electron chi connectivity index (χ1n) is 9.55. The summed E-state index contributed by atoms with van der Waals surface area (Å²) in [7, 11) is 0. The van der Waals surface area contributed by atoms with Gasteiger partial charge in [-0.3, -0.25) is 9.59 Å². The summed E-state index contributed by atoms with van der Waals surface area (Å²) < 4.78 is 0. The number of hydrogen-bond donors (Lipinski definition) is 1. The van der Waals surface area contributed by atoms with E-state index in [0.717, 1.165) is 11.1 Å². The van der Waals surface area contributed by atoms with Crippen LogP contribution in [0.3, 0.4) is 0 Å². The van der Waals surface area contributed by atoms with Crippen LogP contribution in [0.1, 0.15) is 36.5 Å². The van der Waals surface area contributed by atoms with E-state index in [-0.39, 0.29) is 11.8 Å². The standard InChI is InChI=1S/C23H27NO3/c1-17-8-10-19(11-9-17)16-18(2)21(25)24-14-12-23(13-15-24,22(26)27)20-6-4-3-5-7-20/h3-11,18H,12-16H2,1-2H3,(H,26,27). The largest absolute Gasteiger partial charge is 0.481 e. The number of hydrogen-bond acceptors (Lipinski definition) is 2. The maximum atomic E-state index is 12.9. The SMILES string of the molecule is Cc1ccc(CC(C)C(=O)N2CCC(C(=O)O)(c3ccccc3)CC2)cc1. The second kappa shape index (κ2) is 7.95. The van der Waals surface area contributed by atoms with E-state index in [4.69, 9.17) is 0 Å². The number of aliphatic carboxylic acids is 1. The van der Waals surface area contributed by atoms with Crippen LogP contribution < -0.4 is 0 Å². The number of benzene rings is 2. The van der Waals surface area contributed by atoms with Crippen LogP contribution in [0.2, 0.25) is 0 Å². The number of carboxylic acids is 1. The summed E-state index contributed by atoms with van der Waals surface area (Å²) in [4.78, 5) is 26.8. The van der Waals surface area contributed by atoms with Crippen molar-refractivity contribution in [2.24, 2.45) is 5.92 Å². The van der Waals surface area contributed by atoms with Gasteiger partial charge in [-0.1, -0.05) is 67.1 Å². The van der Waals surface area contributed by atoms with Crippen molar-refractivity contribution in [2.75, 3.05) is 13.1 Å². The molecule has 1 aliphatic rings. The minimum atomic E-state index is -0.891. The Morgan fingerprint density at radius 3 is 2.19 bits per heavy atom. The van der Waals surface area contributed by atoms with Crippen molar-refractivity contribution in [3.8, 4) is 0 Å². The second-order valence-electron chi connectivity index (χ2n) is 7.67. The fraction of sp³-hybridized carbons (Fsp3) is 0.391. The van der Waals surface area contributed by atoms with Gasteiger partial charge < -0.3 is 10.0 Å². The van der Waals surface area contributed by atoms with Crippen LogP contribution in [0.4, 0.5) is 0 Å². The monoisotopic (exact) mass is 365 g/mol. The Kier molecular flexibility index (Phi) is 5.64. The predicted molar refractivity (Wildman–Crippen MR) is 106 cm³/mol. The molecule has 0 aromatic heterocycles. The molecule has 1 N–H and O–H groups in total. The lowest BCUT2D eigenvalue weighted by molar-refractivity contribution is -0.149. The van der Waals surface area contributed by atoms with Crippen molar-refractivity contribution in [1.29, 1.82) is 0 Å². The molecular formula is C23H27NO3. The molecule has 1 amide bonds. The summed E-state index contributed by atoms with van der Waals surface area (Å²) >= 11 is 0. The quantitative estimate of drug-likeness (QED) is 0.876. The molecule has 1 atom stereocenters. The Bertz CT molecular complexity index is 790. The summed E-state index contributed by atoms with van der Waals surface area (Å²) in [5.74, 6) is -0.794. The molecule has 0 aliphatic carbocycles. The van der Waals surface area contributed by atoms with Gasteiger partial charge in [0.2, 0.25) is 5.91 Å². The van der Waals surface area contributed by atoms with Crippen LogP contribution in [-0.4, -0.2) is 35.0 Å². The zero-order valence-electron chi connectivity index (χ0n) is 16.0.